The zero-order valence-electron chi connectivity index (χ0n) is 23.4. The molecule has 11 nitrogen and oxygen atoms in total. The third-order valence-electron chi connectivity index (χ3n) is 5.75. The van der Waals surface area contributed by atoms with Crippen molar-refractivity contribution < 1.29 is 68.8 Å². The Labute approximate surface area is 247 Å². The molecule has 0 saturated carbocycles. The zero-order chi connectivity index (χ0) is 34.7. The van der Waals surface area contributed by atoms with Gasteiger partial charge in [-0.05, 0) is 38.1 Å². The maximum atomic E-state index is 13.1. The lowest BCUT2D eigenvalue weighted by Crippen LogP contribution is -2.41. The van der Waals surface area contributed by atoms with Crippen LogP contribution in [0.25, 0.3) is 5.69 Å². The van der Waals surface area contributed by atoms with Gasteiger partial charge in [0, 0.05) is 11.4 Å². The molecule has 1 amide bonds. The molecule has 0 bridgehead atoms. The standard InChI is InChI=1S/C14H13F3N2O3.C11H11F6N3O3/c1-7-4-5-8(2)19(7)10-6-9(14(15,16)17)12(22-3)18-11(10)13(20)21;1-23-9-4(10(12,13)14)2-5(18)7(20-9)8(22)19-3-6(21)11(15,16)17/h4-6H,1-3H3,(H,20,21);2,6,21H,3,18H2,1H3,(H,19,22). The van der Waals surface area contributed by atoms with E-state index in [1.807, 2.05) is 0 Å². The van der Waals surface area contributed by atoms with Crippen LogP contribution in [0.3, 0.4) is 0 Å². The van der Waals surface area contributed by atoms with E-state index in [0.29, 0.717) is 17.5 Å². The first-order valence-corrected chi connectivity index (χ1v) is 12.0. The molecular formula is C25H24F9N5O6. The highest BCUT2D eigenvalue weighted by Crippen LogP contribution is 2.38. The summed E-state index contributed by atoms with van der Waals surface area (Å²) in [5.74, 6) is -4.46. The number of ether oxygens (including phenoxy) is 2. The van der Waals surface area contributed by atoms with Crippen molar-refractivity contribution in [3.8, 4) is 17.4 Å². The number of pyridine rings is 2. The van der Waals surface area contributed by atoms with Gasteiger partial charge in [0.15, 0.2) is 17.5 Å². The molecule has 0 spiro atoms. The van der Waals surface area contributed by atoms with Gasteiger partial charge in [-0.2, -0.15) is 39.5 Å². The number of aliphatic hydroxyl groups excluding tert-OH is 1. The maximum absolute atomic E-state index is 13.1. The van der Waals surface area contributed by atoms with Gasteiger partial charge in [0.25, 0.3) is 5.91 Å². The van der Waals surface area contributed by atoms with Crippen LogP contribution in [0.2, 0.25) is 0 Å². The van der Waals surface area contributed by atoms with E-state index in [1.165, 1.54) is 4.57 Å². The van der Waals surface area contributed by atoms with Crippen LogP contribution < -0.4 is 20.5 Å². The summed E-state index contributed by atoms with van der Waals surface area (Å²) in [6.45, 7) is 2.11. The van der Waals surface area contributed by atoms with Gasteiger partial charge >= 0.3 is 24.5 Å². The number of nitrogen functional groups attached to an aromatic ring is 1. The molecule has 3 rings (SSSR count). The highest BCUT2D eigenvalue weighted by molar-refractivity contribution is 5.97. The van der Waals surface area contributed by atoms with Gasteiger partial charge in [0.2, 0.25) is 11.8 Å². The van der Waals surface area contributed by atoms with Crippen LogP contribution in [0.15, 0.2) is 24.3 Å². The average molecular weight is 661 g/mol. The van der Waals surface area contributed by atoms with Crippen LogP contribution in [0, 0.1) is 13.8 Å². The van der Waals surface area contributed by atoms with E-state index in [4.69, 9.17) is 10.8 Å². The van der Waals surface area contributed by atoms with Crippen molar-refractivity contribution in [3.05, 3.63) is 58.2 Å². The number of carboxylic acids is 1. The fourth-order valence-corrected chi connectivity index (χ4v) is 3.66. The molecule has 0 saturated heterocycles. The minimum Gasteiger partial charge on any atom is -0.481 e. The minimum absolute atomic E-state index is 0.152. The number of nitrogens with zero attached hydrogens (tertiary/aromatic N) is 3. The number of carboxylic acid groups (broad SMARTS) is 1. The molecule has 3 heterocycles. The molecule has 0 aliphatic heterocycles. The largest absolute Gasteiger partial charge is 0.481 e. The van der Waals surface area contributed by atoms with Gasteiger partial charge < -0.3 is 35.3 Å². The number of hydrogen-bond acceptors (Lipinski definition) is 8. The maximum Gasteiger partial charge on any atom is 0.421 e. The molecule has 1 atom stereocenters. The Morgan fingerprint density at radius 3 is 1.73 bits per heavy atom. The van der Waals surface area contributed by atoms with Crippen LogP contribution in [0.4, 0.5) is 45.2 Å². The normalized spacial score (nSPS) is 12.6. The van der Waals surface area contributed by atoms with Gasteiger partial charge in [0.1, 0.15) is 11.1 Å². The summed E-state index contributed by atoms with van der Waals surface area (Å²) in [6, 6.07) is 4.48. The quantitative estimate of drug-likeness (QED) is 0.266. The number of nitrogens with two attached hydrogens (primary N) is 1. The molecule has 0 aliphatic rings. The molecule has 1 unspecified atom stereocenters. The van der Waals surface area contributed by atoms with E-state index in [0.717, 1.165) is 20.3 Å². The Morgan fingerprint density at radius 2 is 1.33 bits per heavy atom. The number of carbonyl (C=O) groups is 2. The number of aryl methyl sites for hydroxylation is 2. The summed E-state index contributed by atoms with van der Waals surface area (Å²) in [5.41, 5.74) is 1.87. The number of amides is 1. The number of hydrogen-bond donors (Lipinski definition) is 4. The third kappa shape index (κ3) is 8.67. The molecular weight excluding hydrogens is 637 g/mol. The molecule has 45 heavy (non-hydrogen) atoms. The number of aliphatic hydroxyl groups is 1. The summed E-state index contributed by atoms with van der Waals surface area (Å²) in [7, 11) is 1.87. The van der Waals surface area contributed by atoms with Crippen LogP contribution >= 0.6 is 0 Å². The second-order valence-electron chi connectivity index (χ2n) is 8.92. The number of rotatable bonds is 7. The summed E-state index contributed by atoms with van der Waals surface area (Å²) < 4.78 is 124. The lowest BCUT2D eigenvalue weighted by molar-refractivity contribution is -0.201. The van der Waals surface area contributed by atoms with Gasteiger partial charge in [-0.25, -0.2) is 14.8 Å². The average Bonchev–Trinajstić information content (AvgIpc) is 3.26. The van der Waals surface area contributed by atoms with Crippen LogP contribution in [-0.4, -0.2) is 69.7 Å². The Balaban J connectivity index is 0.000000314. The first-order valence-electron chi connectivity index (χ1n) is 12.0. The van der Waals surface area contributed by atoms with E-state index < -0.39 is 83.0 Å². The third-order valence-corrected chi connectivity index (χ3v) is 5.75. The van der Waals surface area contributed by atoms with Crippen LogP contribution in [0.1, 0.15) is 43.5 Å². The number of anilines is 1. The van der Waals surface area contributed by atoms with Gasteiger partial charge in [-0.3, -0.25) is 4.79 Å². The van der Waals surface area contributed by atoms with E-state index in [9.17, 15) is 54.2 Å². The second-order valence-corrected chi connectivity index (χ2v) is 8.92. The minimum atomic E-state index is -4.97. The molecule has 3 aromatic rings. The molecule has 248 valence electrons. The molecule has 0 aromatic carbocycles. The number of methoxy groups -OCH3 is 2. The molecule has 0 radical (unpaired) electrons. The monoisotopic (exact) mass is 661 g/mol. The molecule has 20 heteroatoms. The summed E-state index contributed by atoms with van der Waals surface area (Å²) >= 11 is 0. The predicted molar refractivity (Wildman–Crippen MR) is 136 cm³/mol. The second kappa shape index (κ2) is 13.5. The number of nitrogens with one attached hydrogen (secondary N) is 1. The smallest absolute Gasteiger partial charge is 0.421 e. The van der Waals surface area contributed by atoms with E-state index >= 15 is 0 Å². The highest BCUT2D eigenvalue weighted by Gasteiger charge is 2.40. The SMILES string of the molecule is COc1nc(C(=O)NCC(O)C(F)(F)F)c(N)cc1C(F)(F)F.COc1nc(C(=O)O)c(-n2c(C)ccc2C)cc1C(F)(F)F. The first-order chi connectivity index (χ1) is 20.5. The Hall–Kier alpha value is -4.75. The van der Waals surface area contributed by atoms with E-state index in [1.54, 1.807) is 31.3 Å². The topological polar surface area (TPSA) is 162 Å². The van der Waals surface area contributed by atoms with Gasteiger partial charge in [0.05, 0.1) is 32.1 Å². The Kier molecular flexibility index (Phi) is 10.9. The van der Waals surface area contributed by atoms with Crippen molar-refractivity contribution >= 4 is 17.6 Å². The zero-order valence-corrected chi connectivity index (χ0v) is 23.4. The van der Waals surface area contributed by atoms with Crippen LogP contribution in [0.5, 0.6) is 11.8 Å². The van der Waals surface area contributed by atoms with E-state index in [2.05, 4.69) is 19.4 Å². The van der Waals surface area contributed by atoms with E-state index in [-0.39, 0.29) is 5.69 Å². The molecule has 3 aromatic heterocycles. The number of aromatic carboxylic acids is 1. The lowest BCUT2D eigenvalue weighted by Gasteiger charge is -2.17. The molecule has 0 aliphatic carbocycles. The van der Waals surface area contributed by atoms with Gasteiger partial charge in [-0.1, -0.05) is 0 Å². The van der Waals surface area contributed by atoms with Crippen molar-refractivity contribution in [1.29, 1.82) is 0 Å². The molecule has 0 fully saturated rings. The van der Waals surface area contributed by atoms with Crippen molar-refractivity contribution in [2.24, 2.45) is 0 Å². The van der Waals surface area contributed by atoms with Crippen molar-refractivity contribution in [1.82, 2.24) is 19.9 Å². The number of halogens is 9. The highest BCUT2D eigenvalue weighted by atomic mass is 19.4. The molecule has 5 N–H and O–H groups in total. The fourth-order valence-electron chi connectivity index (χ4n) is 3.66. The summed E-state index contributed by atoms with van der Waals surface area (Å²) in [4.78, 5) is 29.8. The Bertz CT molecular complexity index is 1530. The summed E-state index contributed by atoms with van der Waals surface area (Å²) in [6.07, 6.45) is -17.4. The number of carbonyl (C=O) groups excluding carboxylic acids is 1. The van der Waals surface area contributed by atoms with Crippen molar-refractivity contribution in [3.63, 3.8) is 0 Å². The van der Waals surface area contributed by atoms with Crippen molar-refractivity contribution in [2.75, 3.05) is 26.5 Å². The fraction of sp³-hybridized carbons (Fsp3) is 0.360. The van der Waals surface area contributed by atoms with Gasteiger partial charge in [-0.15, -0.1) is 0 Å². The van der Waals surface area contributed by atoms with Crippen molar-refractivity contribution in [2.45, 2.75) is 38.5 Å². The number of aromatic nitrogens is 3. The Morgan fingerprint density at radius 1 is 0.889 bits per heavy atom. The summed E-state index contributed by atoms with van der Waals surface area (Å²) in [5, 5.41) is 19.7. The lowest BCUT2D eigenvalue weighted by atomic mass is 10.2. The first kappa shape index (κ1) is 36.4. The van der Waals surface area contributed by atoms with Crippen LogP contribution in [-0.2, 0) is 12.4 Å². The number of alkyl halides is 9. The predicted octanol–water partition coefficient (Wildman–Crippen LogP) is 4.56.